The van der Waals surface area contributed by atoms with Gasteiger partial charge in [0.05, 0.1) is 5.41 Å². The first-order valence-electron chi connectivity index (χ1n) is 6.89. The number of esters is 1. The van der Waals surface area contributed by atoms with Crippen molar-refractivity contribution in [1.82, 2.24) is 0 Å². The number of carbonyl (C=O) groups excluding carboxylic acids is 1. The van der Waals surface area contributed by atoms with Gasteiger partial charge < -0.3 is 4.74 Å². The van der Waals surface area contributed by atoms with E-state index in [-0.39, 0.29) is 23.4 Å². The Balaban J connectivity index is 1.63. The van der Waals surface area contributed by atoms with E-state index < -0.39 is 15.9 Å². The summed E-state index contributed by atoms with van der Waals surface area (Å²) in [6, 6.07) is 0. The van der Waals surface area contributed by atoms with Gasteiger partial charge in [-0.1, -0.05) is 6.92 Å². The second-order valence-corrected chi connectivity index (χ2v) is 8.35. The molecule has 0 amide bonds. The fraction of sp³-hybridized carbons (Fsp3) is 0.923. The Labute approximate surface area is 113 Å². The monoisotopic (exact) mass is 288 g/mol. The van der Waals surface area contributed by atoms with Crippen LogP contribution >= 0.6 is 0 Å². The highest BCUT2D eigenvalue weighted by Gasteiger charge is 2.77. The van der Waals surface area contributed by atoms with Crippen molar-refractivity contribution in [2.75, 3.05) is 12.4 Å². The molecule has 3 rings (SSSR count). The lowest BCUT2D eigenvalue weighted by Crippen LogP contribution is -2.25. The molecule has 3 aliphatic carbocycles. The first kappa shape index (κ1) is 13.4. The normalized spacial score (nSPS) is 43.7. The van der Waals surface area contributed by atoms with Crippen LogP contribution < -0.4 is 0 Å². The molecule has 5 nitrogen and oxygen atoms in total. The smallest absolute Gasteiger partial charge is 0.312 e. The Morgan fingerprint density at radius 2 is 2.11 bits per heavy atom. The molecular weight excluding hydrogens is 268 g/mol. The van der Waals surface area contributed by atoms with E-state index in [0.717, 1.165) is 25.7 Å². The highest BCUT2D eigenvalue weighted by Crippen LogP contribution is 2.80. The van der Waals surface area contributed by atoms with Crippen LogP contribution in [0, 0.1) is 22.7 Å². The minimum Gasteiger partial charge on any atom is -0.464 e. The Kier molecular flexibility index (Phi) is 2.78. The molecule has 0 aromatic rings. The van der Waals surface area contributed by atoms with E-state index in [1.165, 1.54) is 6.42 Å². The molecule has 108 valence electrons. The van der Waals surface area contributed by atoms with Crippen LogP contribution in [0.1, 0.15) is 39.0 Å². The average Bonchev–Trinajstić information content (AvgIpc) is 2.74. The maximum absolute atomic E-state index is 12.2. The van der Waals surface area contributed by atoms with Crippen molar-refractivity contribution in [1.29, 1.82) is 0 Å². The maximum atomic E-state index is 12.2. The summed E-state index contributed by atoms with van der Waals surface area (Å²) in [5.41, 5.74) is -0.188. The van der Waals surface area contributed by atoms with Gasteiger partial charge >= 0.3 is 5.97 Å². The van der Waals surface area contributed by atoms with Gasteiger partial charge in [0.1, 0.15) is 12.4 Å². The zero-order valence-corrected chi connectivity index (χ0v) is 11.9. The van der Waals surface area contributed by atoms with Crippen molar-refractivity contribution >= 4 is 16.1 Å². The average molecular weight is 288 g/mol. The quantitative estimate of drug-likeness (QED) is 0.628. The van der Waals surface area contributed by atoms with Gasteiger partial charge in [-0.15, -0.1) is 0 Å². The van der Waals surface area contributed by atoms with Crippen LogP contribution in [0.15, 0.2) is 0 Å². The van der Waals surface area contributed by atoms with Crippen LogP contribution in [0.5, 0.6) is 0 Å². The van der Waals surface area contributed by atoms with Gasteiger partial charge in [0.25, 0.3) is 10.1 Å². The van der Waals surface area contributed by atoms with Gasteiger partial charge in [-0.25, -0.2) is 0 Å². The van der Waals surface area contributed by atoms with E-state index >= 15 is 0 Å². The van der Waals surface area contributed by atoms with Crippen molar-refractivity contribution in [2.45, 2.75) is 39.0 Å². The zero-order chi connectivity index (χ0) is 13.9. The van der Waals surface area contributed by atoms with Crippen LogP contribution in [-0.4, -0.2) is 31.3 Å². The van der Waals surface area contributed by atoms with Crippen LogP contribution in [0.2, 0.25) is 0 Å². The lowest BCUT2D eigenvalue weighted by Gasteiger charge is -2.28. The van der Waals surface area contributed by atoms with Crippen molar-refractivity contribution in [3.8, 4) is 0 Å². The van der Waals surface area contributed by atoms with E-state index in [4.69, 9.17) is 9.29 Å². The van der Waals surface area contributed by atoms with Crippen molar-refractivity contribution in [2.24, 2.45) is 22.7 Å². The summed E-state index contributed by atoms with van der Waals surface area (Å²) in [7, 11) is -4.05. The third-order valence-electron chi connectivity index (χ3n) is 5.29. The topological polar surface area (TPSA) is 80.7 Å². The second kappa shape index (κ2) is 3.95. The molecular formula is C13H20O5S. The van der Waals surface area contributed by atoms with E-state index in [2.05, 4.69) is 6.92 Å². The van der Waals surface area contributed by atoms with Crippen LogP contribution in [0.3, 0.4) is 0 Å². The van der Waals surface area contributed by atoms with Crippen LogP contribution in [0.25, 0.3) is 0 Å². The molecule has 0 aromatic heterocycles. The lowest BCUT2D eigenvalue weighted by atomic mass is 9.77. The summed E-state index contributed by atoms with van der Waals surface area (Å²) < 4.78 is 35.0. The van der Waals surface area contributed by atoms with Gasteiger partial charge in [0, 0.05) is 0 Å². The Morgan fingerprint density at radius 3 is 2.79 bits per heavy atom. The fourth-order valence-corrected chi connectivity index (χ4v) is 5.09. The number of hydrogen-bond donors (Lipinski definition) is 1. The summed E-state index contributed by atoms with van der Waals surface area (Å²) >= 11 is 0. The molecule has 3 fully saturated rings. The first-order chi connectivity index (χ1) is 8.76. The number of carbonyl (C=O) groups is 1. The van der Waals surface area contributed by atoms with Gasteiger partial charge in [-0.3, -0.25) is 9.35 Å². The highest BCUT2D eigenvalue weighted by atomic mass is 32.2. The molecule has 6 heteroatoms. The van der Waals surface area contributed by atoms with Crippen molar-refractivity contribution in [3.63, 3.8) is 0 Å². The van der Waals surface area contributed by atoms with Crippen LogP contribution in [-0.2, 0) is 19.6 Å². The lowest BCUT2D eigenvalue weighted by molar-refractivity contribution is -0.150. The van der Waals surface area contributed by atoms with Gasteiger partial charge in [-0.05, 0) is 49.4 Å². The number of rotatable bonds is 4. The van der Waals surface area contributed by atoms with Crippen molar-refractivity contribution < 1.29 is 22.5 Å². The molecule has 3 saturated carbocycles. The Morgan fingerprint density at radius 1 is 1.37 bits per heavy atom. The summed E-state index contributed by atoms with van der Waals surface area (Å²) in [5, 5.41) is 0. The van der Waals surface area contributed by atoms with Crippen molar-refractivity contribution in [3.05, 3.63) is 0 Å². The molecule has 0 heterocycles. The largest absolute Gasteiger partial charge is 0.464 e. The van der Waals surface area contributed by atoms with E-state index in [0.29, 0.717) is 11.8 Å². The number of ether oxygens (including phenoxy) is 1. The first-order valence-corrected chi connectivity index (χ1v) is 8.50. The Bertz CT molecular complexity index is 513. The third-order valence-corrected chi connectivity index (χ3v) is 5.97. The van der Waals surface area contributed by atoms with E-state index in [1.807, 2.05) is 0 Å². The zero-order valence-electron chi connectivity index (χ0n) is 11.1. The molecule has 0 radical (unpaired) electrons. The second-order valence-electron chi connectivity index (χ2n) is 6.78. The number of fused-ring (bicyclic) bond motifs is 1. The van der Waals surface area contributed by atoms with E-state index in [1.54, 1.807) is 0 Å². The summed E-state index contributed by atoms with van der Waals surface area (Å²) in [6.45, 7) is 2.00. The standard InChI is InChI=1S/C13H20O5S/c1-9-4-10-6-12(5-9)8-13(12,7-10)11(14)18-2-3-19(15,16)17/h9-10H,2-8H2,1H3,(H,15,16,17)/t9-,10?,12?,13?/m1/s1. The van der Waals surface area contributed by atoms with Gasteiger partial charge in [-0.2, -0.15) is 8.42 Å². The third kappa shape index (κ3) is 2.09. The molecule has 1 N–H and O–H groups in total. The summed E-state index contributed by atoms with van der Waals surface area (Å²) in [4.78, 5) is 12.2. The molecule has 0 saturated heterocycles. The van der Waals surface area contributed by atoms with Crippen LogP contribution in [0.4, 0.5) is 0 Å². The number of hydrogen-bond acceptors (Lipinski definition) is 4. The van der Waals surface area contributed by atoms with Gasteiger partial charge in [0.2, 0.25) is 0 Å². The SMILES string of the molecule is C[C@@H]1CC2CC3(C1)CC3(C(=O)OCCS(=O)(=O)O)C2. The molecule has 4 atom stereocenters. The Hall–Kier alpha value is -0.620. The summed E-state index contributed by atoms with van der Waals surface area (Å²) in [5.74, 6) is 0.551. The fourth-order valence-electron chi connectivity index (χ4n) is 4.79. The molecule has 3 unspecified atom stereocenters. The highest BCUT2D eigenvalue weighted by molar-refractivity contribution is 7.85. The summed E-state index contributed by atoms with van der Waals surface area (Å²) in [6.07, 6.45) is 5.23. The molecule has 1 spiro atoms. The predicted molar refractivity (Wildman–Crippen MR) is 68.0 cm³/mol. The molecule has 19 heavy (non-hydrogen) atoms. The predicted octanol–water partition coefficient (Wildman–Crippen LogP) is 1.63. The minimum atomic E-state index is -4.05. The van der Waals surface area contributed by atoms with E-state index in [9.17, 15) is 13.2 Å². The van der Waals surface area contributed by atoms with Gasteiger partial charge in [0.15, 0.2) is 0 Å². The molecule has 2 bridgehead atoms. The maximum Gasteiger partial charge on any atom is 0.312 e. The molecule has 0 aliphatic heterocycles. The molecule has 0 aromatic carbocycles. The minimum absolute atomic E-state index is 0.143. The molecule has 3 aliphatic rings.